The molecule has 5 atom stereocenters. The molecule has 0 bridgehead atoms. The molecule has 5 unspecified atom stereocenters. The third kappa shape index (κ3) is 2.87. The van der Waals surface area contributed by atoms with E-state index >= 15 is 0 Å². The number of likely N-dealkylation sites (tertiary alicyclic amines) is 2. The Morgan fingerprint density at radius 3 is 2.38 bits per heavy atom. The van der Waals surface area contributed by atoms with E-state index in [1.165, 1.54) is 4.90 Å². The minimum absolute atomic E-state index is 0.249. The third-order valence-corrected chi connectivity index (χ3v) is 5.74. The van der Waals surface area contributed by atoms with Gasteiger partial charge >= 0.3 is 0 Å². The Labute approximate surface area is 151 Å². The van der Waals surface area contributed by atoms with Crippen molar-refractivity contribution in [3.05, 3.63) is 23.9 Å². The molecule has 3 heterocycles. The molecule has 3 N–H and O–H groups in total. The maximum absolute atomic E-state index is 12.9. The lowest BCUT2D eigenvalue weighted by Gasteiger charge is -2.36. The van der Waals surface area contributed by atoms with Crippen LogP contribution in [0.5, 0.6) is 0 Å². The molecule has 26 heavy (non-hydrogen) atoms. The summed E-state index contributed by atoms with van der Waals surface area (Å²) >= 11 is 0. The van der Waals surface area contributed by atoms with Crippen LogP contribution in [-0.2, 0) is 14.4 Å². The van der Waals surface area contributed by atoms with Gasteiger partial charge < -0.3 is 15.1 Å². The summed E-state index contributed by atoms with van der Waals surface area (Å²) in [6, 6.07) is -0.665. The van der Waals surface area contributed by atoms with Gasteiger partial charge in [-0.15, -0.1) is 0 Å². The maximum atomic E-state index is 12.9. The highest BCUT2D eigenvalue weighted by Gasteiger charge is 2.51. The van der Waals surface area contributed by atoms with E-state index in [0.717, 1.165) is 5.70 Å². The standard InChI is InChI=1S/C18H23N3O5/c22-11-5-7-20(8-6-11)10-1-2-12-13(9-10)18(26)21(17(12)25)14-3-4-15(23)19-16(14)24/h1-2,9,12-16,19,23-24H,3-8H2. The van der Waals surface area contributed by atoms with Crippen molar-refractivity contribution in [3.8, 4) is 0 Å². The number of hydrogen-bond acceptors (Lipinski definition) is 7. The van der Waals surface area contributed by atoms with Crippen molar-refractivity contribution >= 4 is 17.6 Å². The largest absolute Gasteiger partial charge is 0.379 e. The Morgan fingerprint density at radius 1 is 1.00 bits per heavy atom. The Balaban J connectivity index is 1.53. The van der Waals surface area contributed by atoms with Gasteiger partial charge in [-0.2, -0.15) is 0 Å². The van der Waals surface area contributed by atoms with Crippen molar-refractivity contribution in [2.75, 3.05) is 13.1 Å². The molecule has 0 saturated carbocycles. The number of ketones is 1. The fourth-order valence-corrected chi connectivity index (χ4v) is 4.26. The quantitative estimate of drug-likeness (QED) is 0.547. The van der Waals surface area contributed by atoms with Gasteiger partial charge in [0, 0.05) is 31.6 Å². The second-order valence-electron chi connectivity index (χ2n) is 7.35. The first kappa shape index (κ1) is 17.4. The van der Waals surface area contributed by atoms with E-state index in [2.05, 4.69) is 10.2 Å². The summed E-state index contributed by atoms with van der Waals surface area (Å²) in [7, 11) is 0. The summed E-state index contributed by atoms with van der Waals surface area (Å²) < 4.78 is 0. The van der Waals surface area contributed by atoms with Gasteiger partial charge in [-0.1, -0.05) is 6.08 Å². The van der Waals surface area contributed by atoms with Crippen LogP contribution in [-0.4, -0.2) is 69.2 Å². The van der Waals surface area contributed by atoms with Gasteiger partial charge in [0.15, 0.2) is 0 Å². The number of nitrogens with zero attached hydrogens (tertiary/aromatic N) is 2. The lowest BCUT2D eigenvalue weighted by molar-refractivity contribution is -0.149. The molecule has 0 radical (unpaired) electrons. The minimum atomic E-state index is -1.13. The number of allylic oxidation sites excluding steroid dienone is 1. The normalized spacial score (nSPS) is 37.8. The minimum Gasteiger partial charge on any atom is -0.379 e. The van der Waals surface area contributed by atoms with E-state index in [9.17, 15) is 24.6 Å². The molecule has 0 aromatic heterocycles. The van der Waals surface area contributed by atoms with Gasteiger partial charge in [0.05, 0.1) is 17.9 Å². The molecule has 2 amide bonds. The second-order valence-corrected chi connectivity index (χ2v) is 7.35. The van der Waals surface area contributed by atoms with Crippen molar-refractivity contribution in [1.82, 2.24) is 15.1 Å². The summed E-state index contributed by atoms with van der Waals surface area (Å²) in [5, 5.41) is 22.3. The van der Waals surface area contributed by atoms with Gasteiger partial charge in [-0.05, 0) is 25.0 Å². The molecule has 0 aromatic carbocycles. The van der Waals surface area contributed by atoms with Crippen molar-refractivity contribution in [3.63, 3.8) is 0 Å². The fraction of sp³-hybridized carbons (Fsp3) is 0.611. The van der Waals surface area contributed by atoms with E-state index in [0.29, 0.717) is 38.8 Å². The number of nitrogens with one attached hydrogen (secondary N) is 1. The molecular formula is C18H23N3O5. The smallest absolute Gasteiger partial charge is 0.237 e. The van der Waals surface area contributed by atoms with E-state index in [1.807, 2.05) is 12.2 Å². The van der Waals surface area contributed by atoms with Crippen molar-refractivity contribution in [1.29, 1.82) is 0 Å². The van der Waals surface area contributed by atoms with Gasteiger partial charge in [-0.25, -0.2) is 0 Å². The van der Waals surface area contributed by atoms with E-state index in [-0.39, 0.29) is 17.6 Å². The van der Waals surface area contributed by atoms with Crippen molar-refractivity contribution in [2.45, 2.75) is 44.2 Å². The number of imide groups is 1. The summed E-state index contributed by atoms with van der Waals surface area (Å²) in [6.07, 6.45) is 5.20. The van der Waals surface area contributed by atoms with Crippen LogP contribution in [0.15, 0.2) is 23.9 Å². The number of carbonyl (C=O) groups is 3. The molecule has 3 saturated heterocycles. The highest BCUT2D eigenvalue weighted by Crippen LogP contribution is 2.37. The number of aliphatic hydroxyl groups excluding tert-OH is 2. The summed E-state index contributed by atoms with van der Waals surface area (Å²) in [5.74, 6) is -1.48. The van der Waals surface area contributed by atoms with Crippen molar-refractivity contribution in [2.24, 2.45) is 11.8 Å². The topological polar surface area (TPSA) is 110 Å². The average Bonchev–Trinajstić information content (AvgIpc) is 2.87. The number of fused-ring (bicyclic) bond motifs is 1. The molecule has 8 heteroatoms. The summed E-state index contributed by atoms with van der Waals surface area (Å²) in [6.45, 7) is 1.25. The SMILES string of the molecule is O=C1CCN(C2=CC3C(=O)N(C4CCC(O)NC4O)C(=O)C3C=C2)CC1. The van der Waals surface area contributed by atoms with Gasteiger partial charge in [0.1, 0.15) is 18.2 Å². The van der Waals surface area contributed by atoms with Crippen LogP contribution in [0.25, 0.3) is 0 Å². The number of carbonyl (C=O) groups excluding carboxylic acids is 3. The van der Waals surface area contributed by atoms with E-state index < -0.39 is 30.3 Å². The molecule has 0 aromatic rings. The lowest BCUT2D eigenvalue weighted by atomic mass is 9.89. The monoisotopic (exact) mass is 361 g/mol. The van der Waals surface area contributed by atoms with Crippen LogP contribution in [0.1, 0.15) is 25.7 Å². The lowest BCUT2D eigenvalue weighted by Crippen LogP contribution is -2.58. The third-order valence-electron chi connectivity index (χ3n) is 5.74. The number of hydrogen-bond donors (Lipinski definition) is 3. The molecule has 8 nitrogen and oxygen atoms in total. The number of aliphatic hydroxyl groups is 2. The molecule has 4 rings (SSSR count). The van der Waals surface area contributed by atoms with E-state index in [1.54, 1.807) is 6.08 Å². The van der Waals surface area contributed by atoms with Crippen LogP contribution in [0.3, 0.4) is 0 Å². The van der Waals surface area contributed by atoms with Gasteiger partial charge in [0.25, 0.3) is 0 Å². The Bertz CT molecular complexity index is 693. The molecule has 1 aliphatic carbocycles. The van der Waals surface area contributed by atoms with Crippen LogP contribution < -0.4 is 5.32 Å². The molecular weight excluding hydrogens is 338 g/mol. The van der Waals surface area contributed by atoms with Crippen LogP contribution in [0.4, 0.5) is 0 Å². The Kier molecular flexibility index (Phi) is 4.42. The van der Waals surface area contributed by atoms with Crippen LogP contribution in [0.2, 0.25) is 0 Å². The zero-order chi connectivity index (χ0) is 18.4. The first-order chi connectivity index (χ1) is 12.5. The average molecular weight is 361 g/mol. The highest BCUT2D eigenvalue weighted by molar-refractivity contribution is 6.07. The fourth-order valence-electron chi connectivity index (χ4n) is 4.26. The molecule has 0 spiro atoms. The van der Waals surface area contributed by atoms with Crippen LogP contribution in [0, 0.1) is 11.8 Å². The summed E-state index contributed by atoms with van der Waals surface area (Å²) in [5.41, 5.74) is 0.875. The molecule has 140 valence electrons. The van der Waals surface area contributed by atoms with Crippen LogP contribution >= 0.6 is 0 Å². The predicted octanol–water partition coefficient (Wildman–Crippen LogP) is -0.905. The van der Waals surface area contributed by atoms with Crippen molar-refractivity contribution < 1.29 is 24.6 Å². The predicted molar refractivity (Wildman–Crippen MR) is 90.0 cm³/mol. The van der Waals surface area contributed by atoms with Gasteiger partial charge in [-0.3, -0.25) is 24.6 Å². The van der Waals surface area contributed by atoms with E-state index in [4.69, 9.17) is 0 Å². The number of piperidine rings is 2. The molecule has 4 aliphatic rings. The molecule has 3 fully saturated rings. The summed E-state index contributed by atoms with van der Waals surface area (Å²) in [4.78, 5) is 40.3. The Hall–Kier alpha value is -2.03. The molecule has 3 aliphatic heterocycles. The zero-order valence-corrected chi connectivity index (χ0v) is 14.4. The highest BCUT2D eigenvalue weighted by atomic mass is 16.3. The van der Waals surface area contributed by atoms with Gasteiger partial charge in [0.2, 0.25) is 11.8 Å². The number of Topliss-reactive ketones (excluding diaryl/α,β-unsaturated/α-hetero) is 1. The number of rotatable bonds is 2. The number of amides is 2. The maximum Gasteiger partial charge on any atom is 0.237 e. The second kappa shape index (κ2) is 6.61. The zero-order valence-electron chi connectivity index (χ0n) is 14.4. The first-order valence-electron chi connectivity index (χ1n) is 9.11. The first-order valence-corrected chi connectivity index (χ1v) is 9.11. The Morgan fingerprint density at radius 2 is 1.69 bits per heavy atom.